The van der Waals surface area contributed by atoms with Gasteiger partial charge in [0.1, 0.15) is 0 Å². The molecule has 1 saturated carbocycles. The monoisotopic (exact) mass is 139 g/mol. The Morgan fingerprint density at radius 1 is 1.40 bits per heavy atom. The minimum atomic E-state index is 0.778. The number of hydrogen-bond donors (Lipinski definition) is 0. The van der Waals surface area contributed by atoms with Gasteiger partial charge in [0.25, 0.3) is 0 Å². The van der Waals surface area contributed by atoms with Gasteiger partial charge in [-0.25, -0.2) is 0 Å². The van der Waals surface area contributed by atoms with E-state index in [1.165, 1.54) is 13.0 Å². The van der Waals surface area contributed by atoms with E-state index in [0.29, 0.717) is 0 Å². The van der Waals surface area contributed by atoms with Crippen molar-refractivity contribution in [2.45, 2.75) is 39.3 Å². The molecule has 0 amide bonds. The molecule has 2 heterocycles. The van der Waals surface area contributed by atoms with Crippen LogP contribution in [0.2, 0.25) is 0 Å². The Balaban J connectivity index is 2.04. The molecule has 1 nitrogen and oxygen atoms in total. The fraction of sp³-hybridized carbons (Fsp3) is 1.00. The van der Waals surface area contributed by atoms with Gasteiger partial charge in [-0.3, -0.25) is 4.90 Å². The van der Waals surface area contributed by atoms with Gasteiger partial charge in [-0.2, -0.15) is 0 Å². The molecule has 2 bridgehead atoms. The lowest BCUT2D eigenvalue weighted by Crippen LogP contribution is -2.39. The molecule has 3 rings (SSSR count). The van der Waals surface area contributed by atoms with Gasteiger partial charge in [0.15, 0.2) is 0 Å². The lowest BCUT2D eigenvalue weighted by Gasteiger charge is -2.35. The summed E-state index contributed by atoms with van der Waals surface area (Å²) in [7, 11) is 0. The van der Waals surface area contributed by atoms with Crippen LogP contribution in [0, 0.1) is 11.8 Å². The Labute approximate surface area is 63.4 Å². The largest absolute Gasteiger partial charge is 0.297 e. The molecule has 0 aromatic carbocycles. The average molecular weight is 139 g/mol. The first-order valence-corrected chi connectivity index (χ1v) is 4.46. The van der Waals surface area contributed by atoms with Crippen LogP contribution in [0.3, 0.4) is 0 Å². The number of nitrogens with zero attached hydrogens (tertiary/aromatic N) is 1. The molecule has 58 valence electrons. The zero-order chi connectivity index (χ0) is 7.30. The Morgan fingerprint density at radius 3 is 2.30 bits per heavy atom. The molecule has 0 N–H and O–H groups in total. The predicted octanol–water partition coefficient (Wildman–Crippen LogP) is 1.74. The Morgan fingerprint density at radius 2 is 2.10 bits per heavy atom. The first kappa shape index (κ1) is 6.66. The Hall–Kier alpha value is -0.0400. The van der Waals surface area contributed by atoms with Gasteiger partial charge in [-0.1, -0.05) is 6.92 Å². The maximum absolute atomic E-state index is 2.66. The SMILES string of the molecule is CC1C2CC1N(C(C)C)C2. The van der Waals surface area contributed by atoms with Crippen LogP contribution in [-0.4, -0.2) is 23.5 Å². The third kappa shape index (κ3) is 0.672. The molecule has 0 aromatic heterocycles. The summed E-state index contributed by atoms with van der Waals surface area (Å²) in [6.45, 7) is 8.41. The molecule has 3 aliphatic rings. The van der Waals surface area contributed by atoms with Crippen LogP contribution in [0.4, 0.5) is 0 Å². The Kier molecular flexibility index (Phi) is 1.31. The van der Waals surface area contributed by atoms with Crippen molar-refractivity contribution >= 4 is 0 Å². The summed E-state index contributed by atoms with van der Waals surface area (Å²) < 4.78 is 0. The highest BCUT2D eigenvalue weighted by atomic mass is 15.2. The smallest absolute Gasteiger partial charge is 0.0130 e. The normalized spacial score (nSPS) is 46.2. The van der Waals surface area contributed by atoms with Crippen LogP contribution < -0.4 is 0 Å². The summed E-state index contributed by atoms with van der Waals surface area (Å²) in [5.74, 6) is 2.05. The summed E-state index contributed by atoms with van der Waals surface area (Å²) in [6, 6.07) is 1.73. The minimum Gasteiger partial charge on any atom is -0.297 e. The molecule has 3 fully saturated rings. The average Bonchev–Trinajstić information content (AvgIpc) is 2.40. The molecule has 3 atom stereocenters. The number of rotatable bonds is 1. The van der Waals surface area contributed by atoms with Crippen molar-refractivity contribution in [1.82, 2.24) is 4.90 Å². The first-order valence-electron chi connectivity index (χ1n) is 4.46. The number of fused-ring (bicyclic) bond motifs is 1. The van der Waals surface area contributed by atoms with Gasteiger partial charge >= 0.3 is 0 Å². The Bertz CT molecular complexity index is 142. The molecule has 2 saturated heterocycles. The van der Waals surface area contributed by atoms with Crippen LogP contribution >= 0.6 is 0 Å². The molecular weight excluding hydrogens is 122 g/mol. The van der Waals surface area contributed by atoms with Crippen molar-refractivity contribution in [2.24, 2.45) is 11.8 Å². The first-order chi connectivity index (χ1) is 4.70. The third-order valence-electron chi connectivity index (χ3n) is 3.43. The van der Waals surface area contributed by atoms with E-state index in [1.54, 1.807) is 0 Å². The highest BCUT2D eigenvalue weighted by molar-refractivity contribution is 5.02. The molecule has 0 aromatic rings. The molecule has 2 aliphatic heterocycles. The molecule has 1 aliphatic carbocycles. The second-order valence-corrected chi connectivity index (χ2v) is 4.21. The van der Waals surface area contributed by atoms with Gasteiger partial charge < -0.3 is 0 Å². The van der Waals surface area contributed by atoms with Crippen LogP contribution in [0.15, 0.2) is 0 Å². The van der Waals surface area contributed by atoms with Gasteiger partial charge in [-0.05, 0) is 32.1 Å². The van der Waals surface area contributed by atoms with E-state index in [9.17, 15) is 0 Å². The summed E-state index contributed by atoms with van der Waals surface area (Å²) in [6.07, 6.45) is 1.49. The maximum atomic E-state index is 2.66. The molecular formula is C9H17N. The number of hydrogen-bond acceptors (Lipinski definition) is 1. The van der Waals surface area contributed by atoms with E-state index >= 15 is 0 Å². The molecule has 1 heteroatoms. The zero-order valence-corrected chi connectivity index (χ0v) is 7.17. The summed E-state index contributed by atoms with van der Waals surface area (Å²) in [4.78, 5) is 2.66. The summed E-state index contributed by atoms with van der Waals surface area (Å²) >= 11 is 0. The molecule has 3 unspecified atom stereocenters. The molecule has 0 radical (unpaired) electrons. The highest BCUT2D eigenvalue weighted by Crippen LogP contribution is 2.46. The fourth-order valence-electron chi connectivity index (χ4n) is 2.54. The summed E-state index contributed by atoms with van der Waals surface area (Å²) in [5.41, 5.74) is 0. The quantitative estimate of drug-likeness (QED) is 0.535. The fourth-order valence-corrected chi connectivity index (χ4v) is 2.54. The molecule has 0 spiro atoms. The predicted molar refractivity (Wildman–Crippen MR) is 42.9 cm³/mol. The third-order valence-corrected chi connectivity index (χ3v) is 3.43. The molecule has 10 heavy (non-hydrogen) atoms. The van der Waals surface area contributed by atoms with E-state index in [0.717, 1.165) is 23.9 Å². The van der Waals surface area contributed by atoms with Crippen LogP contribution in [0.1, 0.15) is 27.2 Å². The van der Waals surface area contributed by atoms with Gasteiger partial charge in [0.05, 0.1) is 0 Å². The topological polar surface area (TPSA) is 3.24 Å². The van der Waals surface area contributed by atoms with Crippen LogP contribution in [0.25, 0.3) is 0 Å². The van der Waals surface area contributed by atoms with E-state index in [2.05, 4.69) is 25.7 Å². The highest BCUT2D eigenvalue weighted by Gasteiger charge is 2.49. The van der Waals surface area contributed by atoms with Crippen molar-refractivity contribution in [2.75, 3.05) is 6.54 Å². The van der Waals surface area contributed by atoms with E-state index < -0.39 is 0 Å². The summed E-state index contributed by atoms with van der Waals surface area (Å²) in [5, 5.41) is 0. The lowest BCUT2D eigenvalue weighted by molar-refractivity contribution is 0.148. The van der Waals surface area contributed by atoms with Crippen molar-refractivity contribution in [1.29, 1.82) is 0 Å². The van der Waals surface area contributed by atoms with E-state index in [4.69, 9.17) is 0 Å². The van der Waals surface area contributed by atoms with Gasteiger partial charge in [0.2, 0.25) is 0 Å². The minimum absolute atomic E-state index is 0.778. The second-order valence-electron chi connectivity index (χ2n) is 4.21. The van der Waals surface area contributed by atoms with Crippen molar-refractivity contribution < 1.29 is 0 Å². The van der Waals surface area contributed by atoms with Gasteiger partial charge in [0, 0.05) is 18.6 Å². The van der Waals surface area contributed by atoms with E-state index in [1.807, 2.05) is 0 Å². The standard InChI is InChI=1S/C9H17N/c1-6(2)10-5-8-4-9(10)7(8)3/h6-9H,4-5H2,1-3H3. The van der Waals surface area contributed by atoms with Crippen molar-refractivity contribution in [3.8, 4) is 0 Å². The van der Waals surface area contributed by atoms with Crippen molar-refractivity contribution in [3.63, 3.8) is 0 Å². The zero-order valence-electron chi connectivity index (χ0n) is 7.17. The van der Waals surface area contributed by atoms with Crippen LogP contribution in [0.5, 0.6) is 0 Å². The lowest BCUT2D eigenvalue weighted by atomic mass is 9.75. The maximum Gasteiger partial charge on any atom is 0.0130 e. The van der Waals surface area contributed by atoms with Gasteiger partial charge in [-0.15, -0.1) is 0 Å². The second kappa shape index (κ2) is 1.97. The van der Waals surface area contributed by atoms with Crippen LogP contribution in [-0.2, 0) is 0 Å². The van der Waals surface area contributed by atoms with E-state index in [-0.39, 0.29) is 0 Å². The van der Waals surface area contributed by atoms with Crippen molar-refractivity contribution in [3.05, 3.63) is 0 Å².